The van der Waals surface area contributed by atoms with Gasteiger partial charge in [-0.05, 0) is 43.7 Å². The fourth-order valence-electron chi connectivity index (χ4n) is 6.25. The number of Topliss-reactive ketones (excluding diaryl/α,β-unsaturated/α-hetero) is 2. The molecule has 1 aromatic carbocycles. The van der Waals surface area contributed by atoms with E-state index in [0.717, 1.165) is 12.1 Å². The molecule has 2 saturated carbocycles. The SMILES string of the molecule is COc1ccc2c3c1OC1C(=O)CCC4(O)C(C2=O)N(CC2CC2)CCC314. The van der Waals surface area contributed by atoms with Crippen LogP contribution in [0.15, 0.2) is 12.1 Å². The van der Waals surface area contributed by atoms with Crippen molar-refractivity contribution in [2.24, 2.45) is 5.92 Å². The van der Waals surface area contributed by atoms with Crippen molar-refractivity contribution < 1.29 is 24.2 Å². The highest BCUT2D eigenvalue weighted by Crippen LogP contribution is 2.64. The van der Waals surface area contributed by atoms with E-state index in [1.165, 1.54) is 12.8 Å². The molecule has 1 saturated heterocycles. The number of hydrogen-bond donors (Lipinski definition) is 1. The van der Waals surface area contributed by atoms with Crippen molar-refractivity contribution in [3.8, 4) is 11.5 Å². The third-order valence-corrected chi connectivity index (χ3v) is 7.60. The summed E-state index contributed by atoms with van der Waals surface area (Å²) in [6.45, 7) is 1.56. The maximum absolute atomic E-state index is 13.6. The normalized spacial score (nSPS) is 39.2. The van der Waals surface area contributed by atoms with Gasteiger partial charge in [-0.15, -0.1) is 0 Å². The molecule has 3 fully saturated rings. The average Bonchev–Trinajstić information content (AvgIpc) is 3.40. The molecule has 27 heavy (non-hydrogen) atoms. The standard InChI is InChI=1S/C21H23NO5/c1-26-14-5-4-12-15-17(14)27-19-13(23)6-7-21(25)18(16(12)24)22(10-11-2-3-11)9-8-20(15,19)21/h4-5,11,18-19,25H,2-3,6-10H2,1H3. The van der Waals surface area contributed by atoms with Gasteiger partial charge in [0.2, 0.25) is 0 Å². The summed E-state index contributed by atoms with van der Waals surface area (Å²) in [5.41, 5.74) is -0.784. The van der Waals surface area contributed by atoms with Gasteiger partial charge in [-0.3, -0.25) is 14.5 Å². The molecule has 1 spiro atoms. The molecule has 0 aromatic heterocycles. The zero-order valence-electron chi connectivity index (χ0n) is 15.4. The molecule has 0 amide bonds. The van der Waals surface area contributed by atoms with Crippen LogP contribution in [0.3, 0.4) is 0 Å². The van der Waals surface area contributed by atoms with Crippen LogP contribution in [-0.2, 0) is 10.2 Å². The molecule has 2 bridgehead atoms. The molecule has 4 atom stereocenters. The Hall–Kier alpha value is -1.92. The average molecular weight is 369 g/mol. The zero-order chi connectivity index (χ0) is 18.6. The molecule has 2 heterocycles. The molecule has 6 heteroatoms. The topological polar surface area (TPSA) is 76.1 Å². The Kier molecular flexibility index (Phi) is 2.93. The molecule has 4 unspecified atom stereocenters. The minimum Gasteiger partial charge on any atom is -0.493 e. The van der Waals surface area contributed by atoms with Crippen LogP contribution in [0.5, 0.6) is 11.5 Å². The van der Waals surface area contributed by atoms with E-state index in [1.807, 2.05) is 0 Å². The highest BCUT2D eigenvalue weighted by atomic mass is 16.5. The van der Waals surface area contributed by atoms with Gasteiger partial charge < -0.3 is 14.6 Å². The summed E-state index contributed by atoms with van der Waals surface area (Å²) in [6.07, 6.45) is 2.87. The van der Waals surface area contributed by atoms with Gasteiger partial charge >= 0.3 is 0 Å². The number of likely N-dealkylation sites (tertiary alicyclic amines) is 1. The lowest BCUT2D eigenvalue weighted by atomic mass is 9.48. The predicted octanol–water partition coefficient (Wildman–Crippen LogP) is 1.47. The minimum absolute atomic E-state index is 0.0209. The Balaban J connectivity index is 1.62. The molecule has 2 aliphatic heterocycles. The number of rotatable bonds is 3. The lowest BCUT2D eigenvalue weighted by Gasteiger charge is -2.61. The first kappa shape index (κ1) is 16.1. The van der Waals surface area contributed by atoms with Crippen LogP contribution in [0.25, 0.3) is 0 Å². The van der Waals surface area contributed by atoms with Crippen molar-refractivity contribution in [1.82, 2.24) is 4.90 Å². The summed E-state index contributed by atoms with van der Waals surface area (Å²) in [5.74, 6) is 1.62. The molecule has 1 N–H and O–H groups in total. The van der Waals surface area contributed by atoms with Crippen LogP contribution in [0, 0.1) is 5.92 Å². The Morgan fingerprint density at radius 1 is 1.30 bits per heavy atom. The molecule has 3 aliphatic carbocycles. The van der Waals surface area contributed by atoms with Gasteiger partial charge in [0.05, 0.1) is 12.5 Å². The highest BCUT2D eigenvalue weighted by Gasteiger charge is 2.75. The van der Waals surface area contributed by atoms with Crippen LogP contribution in [0.2, 0.25) is 0 Å². The summed E-state index contributed by atoms with van der Waals surface area (Å²) in [5, 5.41) is 12.0. The summed E-state index contributed by atoms with van der Waals surface area (Å²) in [6, 6.07) is 2.95. The number of nitrogens with zero attached hydrogens (tertiary/aromatic N) is 1. The number of ketones is 2. The fourth-order valence-corrected chi connectivity index (χ4v) is 6.25. The maximum Gasteiger partial charge on any atom is 0.183 e. The van der Waals surface area contributed by atoms with Crippen molar-refractivity contribution in [1.29, 1.82) is 0 Å². The van der Waals surface area contributed by atoms with Crippen molar-refractivity contribution in [2.75, 3.05) is 20.2 Å². The van der Waals surface area contributed by atoms with E-state index in [0.29, 0.717) is 42.4 Å². The van der Waals surface area contributed by atoms with Crippen LogP contribution in [0.1, 0.15) is 48.0 Å². The summed E-state index contributed by atoms with van der Waals surface area (Å²) in [4.78, 5) is 28.6. The molecule has 1 aromatic rings. The molecule has 5 aliphatic rings. The summed E-state index contributed by atoms with van der Waals surface area (Å²) >= 11 is 0. The number of piperidine rings is 1. The van der Waals surface area contributed by atoms with Crippen LogP contribution < -0.4 is 9.47 Å². The van der Waals surface area contributed by atoms with E-state index in [-0.39, 0.29) is 18.0 Å². The number of hydrogen-bond acceptors (Lipinski definition) is 6. The monoisotopic (exact) mass is 369 g/mol. The molecule has 142 valence electrons. The Labute approximate surface area is 157 Å². The smallest absolute Gasteiger partial charge is 0.183 e. The number of benzene rings is 1. The van der Waals surface area contributed by atoms with Crippen molar-refractivity contribution in [2.45, 2.75) is 55.3 Å². The minimum atomic E-state index is -1.26. The Bertz CT molecular complexity index is 893. The van der Waals surface area contributed by atoms with E-state index in [9.17, 15) is 14.7 Å². The first-order valence-corrected chi connectivity index (χ1v) is 9.93. The fraction of sp³-hybridized carbons (Fsp3) is 0.619. The second kappa shape index (κ2) is 4.92. The molecule has 6 nitrogen and oxygen atoms in total. The number of carbonyl (C=O) groups is 2. The second-order valence-electron chi connectivity index (χ2n) is 8.83. The number of aliphatic hydroxyl groups is 1. The Morgan fingerprint density at radius 2 is 2.11 bits per heavy atom. The number of ether oxygens (including phenoxy) is 2. The van der Waals surface area contributed by atoms with Crippen LogP contribution >= 0.6 is 0 Å². The van der Waals surface area contributed by atoms with Gasteiger partial charge in [0.15, 0.2) is 29.2 Å². The summed E-state index contributed by atoms with van der Waals surface area (Å²) < 4.78 is 11.6. The first-order valence-electron chi connectivity index (χ1n) is 9.93. The molecule has 0 radical (unpaired) electrons. The lowest BCUT2D eigenvalue weighted by Crippen LogP contribution is -2.78. The van der Waals surface area contributed by atoms with Gasteiger partial charge in [-0.25, -0.2) is 0 Å². The van der Waals surface area contributed by atoms with E-state index in [1.54, 1.807) is 19.2 Å². The van der Waals surface area contributed by atoms with Gasteiger partial charge in [0.25, 0.3) is 0 Å². The third kappa shape index (κ3) is 1.70. The van der Waals surface area contributed by atoms with Crippen molar-refractivity contribution >= 4 is 11.6 Å². The lowest BCUT2D eigenvalue weighted by molar-refractivity contribution is -0.178. The van der Waals surface area contributed by atoms with Gasteiger partial charge in [-0.2, -0.15) is 0 Å². The van der Waals surface area contributed by atoms with E-state index < -0.39 is 23.2 Å². The van der Waals surface area contributed by atoms with Gasteiger partial charge in [-0.1, -0.05) is 0 Å². The van der Waals surface area contributed by atoms with Crippen LogP contribution in [0.4, 0.5) is 0 Å². The number of carbonyl (C=O) groups excluding carboxylic acids is 2. The zero-order valence-corrected chi connectivity index (χ0v) is 15.4. The van der Waals surface area contributed by atoms with Gasteiger partial charge in [0, 0.05) is 30.6 Å². The summed E-state index contributed by atoms with van der Waals surface area (Å²) in [7, 11) is 1.56. The van der Waals surface area contributed by atoms with Crippen LogP contribution in [-0.4, -0.2) is 59.5 Å². The third-order valence-electron chi connectivity index (χ3n) is 7.60. The van der Waals surface area contributed by atoms with Crippen molar-refractivity contribution in [3.05, 3.63) is 23.3 Å². The first-order chi connectivity index (χ1) is 13.0. The predicted molar refractivity (Wildman–Crippen MR) is 95.3 cm³/mol. The van der Waals surface area contributed by atoms with Gasteiger partial charge in [0.1, 0.15) is 11.6 Å². The van der Waals surface area contributed by atoms with E-state index in [2.05, 4.69) is 4.90 Å². The quantitative estimate of drug-likeness (QED) is 0.870. The van der Waals surface area contributed by atoms with Crippen molar-refractivity contribution in [3.63, 3.8) is 0 Å². The molecular weight excluding hydrogens is 346 g/mol. The largest absolute Gasteiger partial charge is 0.493 e. The second-order valence-corrected chi connectivity index (χ2v) is 8.83. The maximum atomic E-state index is 13.6. The molecule has 6 rings (SSSR count). The Morgan fingerprint density at radius 3 is 2.85 bits per heavy atom. The molecular formula is C21H23NO5. The van der Waals surface area contributed by atoms with E-state index >= 15 is 0 Å². The highest BCUT2D eigenvalue weighted by molar-refractivity contribution is 6.07. The number of methoxy groups -OCH3 is 1. The van der Waals surface area contributed by atoms with E-state index in [4.69, 9.17) is 9.47 Å².